The van der Waals surface area contributed by atoms with Gasteiger partial charge in [0.25, 0.3) is 0 Å². The van der Waals surface area contributed by atoms with Crippen LogP contribution < -0.4 is 19.5 Å². The van der Waals surface area contributed by atoms with Crippen LogP contribution in [0.2, 0.25) is 5.02 Å². The number of aromatic nitrogens is 1. The van der Waals surface area contributed by atoms with Gasteiger partial charge in [-0.05, 0) is 66.3 Å². The Bertz CT molecular complexity index is 2190. The highest BCUT2D eigenvalue weighted by atomic mass is 35.5. The lowest BCUT2D eigenvalue weighted by atomic mass is 9.93. The Morgan fingerprint density at radius 3 is 2.39 bits per heavy atom. The number of nitrogens with one attached hydrogen (secondary N) is 1. The largest absolute Gasteiger partial charge is 0.493 e. The molecular formula is C41H48ClN3O11S. The van der Waals surface area contributed by atoms with Crippen LogP contribution in [0, 0.1) is 13.8 Å². The first-order valence-electron chi connectivity index (χ1n) is 18.3. The molecule has 4 aromatic rings. The maximum absolute atomic E-state index is 12.1. The summed E-state index contributed by atoms with van der Waals surface area (Å²) in [4.78, 5) is 29.6. The number of nitrogens with zero attached hydrogens (tertiary/aromatic N) is 2. The Morgan fingerprint density at radius 2 is 1.68 bits per heavy atom. The number of sulfone groups is 1. The van der Waals surface area contributed by atoms with Crippen molar-refractivity contribution < 1.29 is 52.3 Å². The number of aliphatic carboxylic acids is 1. The predicted molar refractivity (Wildman–Crippen MR) is 212 cm³/mol. The molecule has 2 unspecified atom stereocenters. The van der Waals surface area contributed by atoms with Crippen LogP contribution in [0.15, 0.2) is 71.9 Å². The molecular weight excluding hydrogens is 778 g/mol. The van der Waals surface area contributed by atoms with Crippen molar-refractivity contribution >= 4 is 33.4 Å². The second kappa shape index (κ2) is 19.1. The molecule has 1 fully saturated rings. The van der Waals surface area contributed by atoms with Gasteiger partial charge in [0.2, 0.25) is 0 Å². The number of carbonyl (C=O) groups excluding carboxylic acids is 1. The summed E-state index contributed by atoms with van der Waals surface area (Å²) in [6.07, 6.45) is 4.87. The normalized spacial score (nSPS) is 16.3. The monoisotopic (exact) mass is 825 g/mol. The number of carboxylic acids is 1. The molecule has 5 rings (SSSR count). The quantitative estimate of drug-likeness (QED) is 0.0763. The van der Waals surface area contributed by atoms with Gasteiger partial charge in [-0.15, -0.1) is 0 Å². The smallest absolute Gasteiger partial charge is 0.339 e. The third kappa shape index (κ3) is 11.0. The maximum atomic E-state index is 12.1. The van der Waals surface area contributed by atoms with E-state index >= 15 is 0 Å². The van der Waals surface area contributed by atoms with E-state index in [-0.39, 0.29) is 36.2 Å². The van der Waals surface area contributed by atoms with Gasteiger partial charge in [0.05, 0.1) is 30.2 Å². The van der Waals surface area contributed by atoms with E-state index in [0.717, 1.165) is 39.8 Å². The van der Waals surface area contributed by atoms with Crippen LogP contribution in [-0.2, 0) is 43.9 Å². The summed E-state index contributed by atoms with van der Waals surface area (Å²) in [6, 6.07) is 15.3. The number of carbonyl (C=O) groups is 2. The molecule has 2 atom stereocenters. The first-order valence-corrected chi connectivity index (χ1v) is 20.5. The molecule has 0 saturated carbocycles. The van der Waals surface area contributed by atoms with Crippen LogP contribution in [0.5, 0.6) is 17.2 Å². The third-order valence-corrected chi connectivity index (χ3v) is 11.3. The number of likely N-dealkylation sites (tertiary alicyclic amines) is 1. The van der Waals surface area contributed by atoms with Crippen molar-refractivity contribution in [2.45, 2.75) is 63.0 Å². The Morgan fingerprint density at radius 1 is 0.965 bits per heavy atom. The van der Waals surface area contributed by atoms with E-state index in [1.807, 2.05) is 55.1 Å². The van der Waals surface area contributed by atoms with Gasteiger partial charge in [0.15, 0.2) is 15.4 Å². The van der Waals surface area contributed by atoms with Crippen LogP contribution in [-0.4, -0.2) is 103 Å². The second-order valence-corrected chi connectivity index (χ2v) is 16.4. The molecule has 0 bridgehead atoms. The van der Waals surface area contributed by atoms with Crippen molar-refractivity contribution in [3.63, 3.8) is 0 Å². The van der Waals surface area contributed by atoms with E-state index in [0.29, 0.717) is 55.2 Å². The molecule has 0 spiro atoms. The molecule has 0 radical (unpaired) electrons. The van der Waals surface area contributed by atoms with Crippen LogP contribution in [0.1, 0.15) is 40.7 Å². The molecule has 3 aromatic carbocycles. The maximum Gasteiger partial charge on any atom is 0.339 e. The number of ether oxygens (including phenoxy) is 4. The van der Waals surface area contributed by atoms with Crippen molar-refractivity contribution in [2.24, 2.45) is 0 Å². The molecule has 1 aliphatic heterocycles. The van der Waals surface area contributed by atoms with Gasteiger partial charge in [0.1, 0.15) is 36.5 Å². The molecule has 1 aliphatic rings. The lowest BCUT2D eigenvalue weighted by molar-refractivity contribution is -0.160. The van der Waals surface area contributed by atoms with E-state index in [2.05, 4.69) is 10.3 Å². The molecule has 1 saturated heterocycles. The summed E-state index contributed by atoms with van der Waals surface area (Å²) in [5, 5.41) is 32.5. The van der Waals surface area contributed by atoms with Crippen LogP contribution in [0.3, 0.4) is 0 Å². The third-order valence-electron chi connectivity index (χ3n) is 9.90. The molecule has 0 aliphatic carbocycles. The predicted octanol–water partition coefficient (Wildman–Crippen LogP) is 4.49. The van der Waals surface area contributed by atoms with Gasteiger partial charge < -0.3 is 34.3 Å². The molecule has 1 aromatic heterocycles. The molecule has 57 heavy (non-hydrogen) atoms. The lowest BCUT2D eigenvalue weighted by Gasteiger charge is -2.21. The molecule has 4 N–H and O–H groups in total. The first-order chi connectivity index (χ1) is 27.1. The van der Waals surface area contributed by atoms with Gasteiger partial charge in [-0.1, -0.05) is 41.9 Å². The number of aliphatic hydroxyl groups is 2. The first kappa shape index (κ1) is 43.4. The van der Waals surface area contributed by atoms with Crippen molar-refractivity contribution in [1.29, 1.82) is 0 Å². The fraction of sp³-hybridized carbons (Fsp3) is 0.390. The Hall–Kier alpha value is -4.77. The minimum Gasteiger partial charge on any atom is -0.493 e. The zero-order valence-electron chi connectivity index (χ0n) is 32.3. The number of halogens is 1. The zero-order chi connectivity index (χ0) is 41.3. The Labute approximate surface area is 337 Å². The number of esters is 1. The minimum absolute atomic E-state index is 0.0163. The lowest BCUT2D eigenvalue weighted by Crippen LogP contribution is -2.42. The highest BCUT2D eigenvalue weighted by Crippen LogP contribution is 2.36. The number of methoxy groups -OCH3 is 1. The van der Waals surface area contributed by atoms with E-state index in [9.17, 15) is 33.3 Å². The summed E-state index contributed by atoms with van der Waals surface area (Å²) in [7, 11) is -2.23. The number of pyridine rings is 1. The highest BCUT2D eigenvalue weighted by molar-refractivity contribution is 7.90. The van der Waals surface area contributed by atoms with Crippen molar-refractivity contribution in [1.82, 2.24) is 15.2 Å². The van der Waals surface area contributed by atoms with Gasteiger partial charge in [-0.3, -0.25) is 20.0 Å². The number of benzene rings is 3. The van der Waals surface area contributed by atoms with Gasteiger partial charge in [-0.2, -0.15) is 0 Å². The van der Waals surface area contributed by atoms with E-state index in [1.54, 1.807) is 12.1 Å². The highest BCUT2D eigenvalue weighted by Gasteiger charge is 2.43. The Kier molecular flexibility index (Phi) is 14.5. The molecule has 0 amide bonds. The van der Waals surface area contributed by atoms with Gasteiger partial charge in [0, 0.05) is 68.4 Å². The van der Waals surface area contributed by atoms with Crippen LogP contribution in [0.25, 0.3) is 11.1 Å². The molecule has 16 heteroatoms. The second-order valence-electron chi connectivity index (χ2n) is 14.0. The van der Waals surface area contributed by atoms with E-state index in [4.69, 9.17) is 30.5 Å². The summed E-state index contributed by atoms with van der Waals surface area (Å²) in [6.45, 7) is 5.42. The number of carboxylic acid groups (broad SMARTS) is 1. The van der Waals surface area contributed by atoms with E-state index < -0.39 is 40.0 Å². The Balaban J connectivity index is 1.29. The van der Waals surface area contributed by atoms with Gasteiger partial charge in [-0.25, -0.2) is 13.2 Å². The number of hydrogen-bond acceptors (Lipinski definition) is 13. The van der Waals surface area contributed by atoms with Crippen molar-refractivity contribution in [2.75, 3.05) is 46.2 Å². The van der Waals surface area contributed by atoms with Crippen molar-refractivity contribution in [3.8, 4) is 28.4 Å². The summed E-state index contributed by atoms with van der Waals surface area (Å²) < 4.78 is 47.5. The fourth-order valence-electron chi connectivity index (χ4n) is 6.57. The molecule has 2 heterocycles. The van der Waals surface area contributed by atoms with Crippen LogP contribution in [0.4, 0.5) is 0 Å². The van der Waals surface area contributed by atoms with Gasteiger partial charge >= 0.3 is 11.9 Å². The average molecular weight is 826 g/mol. The number of aliphatic hydroxyl groups excluding tert-OH is 1. The number of β-amino-alcohol motifs (C(OH)–C–C–N with tert-alkyl or cyclic N) is 1. The number of hydrogen-bond donors (Lipinski definition) is 4. The van der Waals surface area contributed by atoms with Crippen LogP contribution >= 0.6 is 11.6 Å². The summed E-state index contributed by atoms with van der Waals surface area (Å²) in [5.74, 6) is -0.479. The SMILES string of the molecule is COC(=O)C1(O)CCN(CCCOc2cccc(-c3cccc(COc4cc(OCc5cncc(S(C)(=O)=O)c5)c(CNC(CO)C(=O)O)cc4Cl)c3C)c2C)C1. The molecule has 14 nitrogen and oxygen atoms in total. The topological polar surface area (TPSA) is 194 Å². The standard InChI is InChI=1S/C41H48ClN3O11S/c1-26-29(8-5-9-32(26)33-10-6-11-36(27(33)2)54-15-7-13-45-14-12-41(50,25-45)40(49)53-3)24-56-38-18-37(30(17-34(38)42)20-44-35(22-46)39(47)48)55-23-28-16-31(21-43-19-28)57(4,51)52/h5-6,8-11,16-19,21,35,44,46,50H,7,12-15,20,22-25H2,1-4H3,(H,47,48). The molecule has 306 valence electrons. The van der Waals surface area contributed by atoms with Crippen molar-refractivity contribution in [3.05, 3.63) is 99.8 Å². The fourth-order valence-corrected chi connectivity index (χ4v) is 7.43. The average Bonchev–Trinajstić information content (AvgIpc) is 3.57. The zero-order valence-corrected chi connectivity index (χ0v) is 33.9. The minimum atomic E-state index is -3.50. The summed E-state index contributed by atoms with van der Waals surface area (Å²) in [5.41, 5.74) is 4.36. The van der Waals surface area contributed by atoms with E-state index in [1.165, 1.54) is 25.6 Å². The number of rotatable bonds is 19. The summed E-state index contributed by atoms with van der Waals surface area (Å²) >= 11 is 6.70.